The molecule has 0 aliphatic carbocycles. The van der Waals surface area contributed by atoms with Gasteiger partial charge in [-0.25, -0.2) is 4.99 Å². The van der Waals surface area contributed by atoms with Gasteiger partial charge in [-0.3, -0.25) is 4.90 Å². The Morgan fingerprint density at radius 3 is 2.06 bits per heavy atom. The molecule has 0 atom stereocenters. The Morgan fingerprint density at radius 1 is 1.06 bits per heavy atom. The maximum atomic E-state index is 5.29. The van der Waals surface area contributed by atoms with Crippen molar-refractivity contribution < 1.29 is 0 Å². The molecule has 1 aromatic carbocycles. The lowest BCUT2D eigenvalue weighted by molar-refractivity contribution is 0.296. The standard InChI is InChI=1S/C13H22N4/c1-3-17(4-2)10-12-7-5-11(6-8-12)9-16-13(14)15/h5-8H,3-4,9-10H2,1-2H3,(H4,14,15,16). The van der Waals surface area contributed by atoms with Crippen molar-refractivity contribution in [1.82, 2.24) is 4.90 Å². The first-order valence-electron chi connectivity index (χ1n) is 6.01. The van der Waals surface area contributed by atoms with Gasteiger partial charge in [-0.15, -0.1) is 0 Å². The summed E-state index contributed by atoms with van der Waals surface area (Å²) in [6, 6.07) is 8.42. The van der Waals surface area contributed by atoms with Gasteiger partial charge in [-0.2, -0.15) is 0 Å². The third kappa shape index (κ3) is 4.87. The molecule has 0 spiro atoms. The van der Waals surface area contributed by atoms with Gasteiger partial charge in [0.2, 0.25) is 0 Å². The van der Waals surface area contributed by atoms with Gasteiger partial charge in [0.25, 0.3) is 0 Å². The smallest absolute Gasteiger partial charge is 0.186 e. The van der Waals surface area contributed by atoms with E-state index in [1.807, 2.05) is 0 Å². The second-order valence-corrected chi connectivity index (χ2v) is 4.02. The van der Waals surface area contributed by atoms with Gasteiger partial charge in [-0.1, -0.05) is 38.1 Å². The number of hydrogen-bond donors (Lipinski definition) is 2. The second-order valence-electron chi connectivity index (χ2n) is 4.02. The van der Waals surface area contributed by atoms with E-state index in [0.29, 0.717) is 6.54 Å². The first-order chi connectivity index (χ1) is 8.15. The SMILES string of the molecule is CCN(CC)Cc1ccc(CN=C(N)N)cc1. The van der Waals surface area contributed by atoms with Crippen molar-refractivity contribution in [3.05, 3.63) is 35.4 Å². The molecule has 0 amide bonds. The van der Waals surface area contributed by atoms with Crippen LogP contribution in [0.3, 0.4) is 0 Å². The zero-order chi connectivity index (χ0) is 12.7. The van der Waals surface area contributed by atoms with Crippen LogP contribution < -0.4 is 11.5 Å². The second kappa shape index (κ2) is 6.91. The molecule has 0 saturated heterocycles. The minimum absolute atomic E-state index is 0.136. The number of hydrogen-bond acceptors (Lipinski definition) is 2. The van der Waals surface area contributed by atoms with E-state index >= 15 is 0 Å². The number of benzene rings is 1. The van der Waals surface area contributed by atoms with Crippen molar-refractivity contribution in [3.8, 4) is 0 Å². The van der Waals surface area contributed by atoms with Crippen LogP contribution in [0.15, 0.2) is 29.3 Å². The van der Waals surface area contributed by atoms with Crippen molar-refractivity contribution in [2.45, 2.75) is 26.9 Å². The monoisotopic (exact) mass is 234 g/mol. The van der Waals surface area contributed by atoms with Gasteiger partial charge < -0.3 is 11.5 Å². The first-order valence-corrected chi connectivity index (χ1v) is 6.01. The molecule has 0 unspecified atom stereocenters. The summed E-state index contributed by atoms with van der Waals surface area (Å²) >= 11 is 0. The molecule has 0 radical (unpaired) electrons. The van der Waals surface area contributed by atoms with E-state index in [-0.39, 0.29) is 5.96 Å². The van der Waals surface area contributed by atoms with Crippen LogP contribution in [0.4, 0.5) is 0 Å². The number of nitrogens with two attached hydrogens (primary N) is 2. The number of aliphatic imine (C=N–C) groups is 1. The lowest BCUT2D eigenvalue weighted by Gasteiger charge is -2.17. The van der Waals surface area contributed by atoms with E-state index in [9.17, 15) is 0 Å². The highest BCUT2D eigenvalue weighted by Gasteiger charge is 2.00. The Balaban J connectivity index is 2.58. The molecule has 94 valence electrons. The lowest BCUT2D eigenvalue weighted by atomic mass is 10.1. The maximum absolute atomic E-state index is 5.29. The van der Waals surface area contributed by atoms with Gasteiger partial charge >= 0.3 is 0 Å². The fourth-order valence-electron chi connectivity index (χ4n) is 1.64. The Morgan fingerprint density at radius 2 is 1.59 bits per heavy atom. The fourth-order valence-corrected chi connectivity index (χ4v) is 1.64. The molecule has 0 heterocycles. The molecule has 1 aromatic rings. The van der Waals surface area contributed by atoms with Gasteiger partial charge in [0.05, 0.1) is 6.54 Å². The summed E-state index contributed by atoms with van der Waals surface area (Å²) in [7, 11) is 0. The van der Waals surface area contributed by atoms with Crippen LogP contribution in [0.5, 0.6) is 0 Å². The molecule has 17 heavy (non-hydrogen) atoms. The molecular formula is C13H22N4. The van der Waals surface area contributed by atoms with Crippen LogP contribution in [-0.2, 0) is 13.1 Å². The highest BCUT2D eigenvalue weighted by atomic mass is 15.1. The van der Waals surface area contributed by atoms with Gasteiger partial charge in [0, 0.05) is 6.54 Å². The van der Waals surface area contributed by atoms with E-state index in [2.05, 4.69) is 48.0 Å². The Hall–Kier alpha value is -1.55. The van der Waals surface area contributed by atoms with E-state index in [4.69, 9.17) is 11.5 Å². The molecule has 4 nitrogen and oxygen atoms in total. The zero-order valence-corrected chi connectivity index (χ0v) is 10.7. The largest absolute Gasteiger partial charge is 0.370 e. The van der Waals surface area contributed by atoms with Gasteiger partial charge in [0.15, 0.2) is 5.96 Å². The third-order valence-corrected chi connectivity index (χ3v) is 2.77. The number of guanidine groups is 1. The number of nitrogens with zero attached hydrogens (tertiary/aromatic N) is 2. The van der Waals surface area contributed by atoms with Crippen LogP contribution in [0, 0.1) is 0 Å². The Labute approximate surface area is 103 Å². The average molecular weight is 234 g/mol. The quantitative estimate of drug-likeness (QED) is 0.576. The lowest BCUT2D eigenvalue weighted by Crippen LogP contribution is -2.22. The molecule has 0 aliphatic rings. The number of rotatable bonds is 6. The van der Waals surface area contributed by atoms with Crippen molar-refractivity contribution in [3.63, 3.8) is 0 Å². The van der Waals surface area contributed by atoms with E-state index in [1.165, 1.54) is 5.56 Å². The molecule has 4 heteroatoms. The predicted molar refractivity (Wildman–Crippen MR) is 72.6 cm³/mol. The average Bonchev–Trinajstić information content (AvgIpc) is 2.34. The molecule has 0 aromatic heterocycles. The third-order valence-electron chi connectivity index (χ3n) is 2.77. The van der Waals surface area contributed by atoms with Crippen molar-refractivity contribution in [2.24, 2.45) is 16.5 Å². The van der Waals surface area contributed by atoms with Crippen molar-refractivity contribution in [2.75, 3.05) is 13.1 Å². The fraction of sp³-hybridized carbons (Fsp3) is 0.462. The molecule has 0 bridgehead atoms. The topological polar surface area (TPSA) is 67.6 Å². The Bertz CT molecular complexity index is 348. The van der Waals surface area contributed by atoms with Gasteiger partial charge in [0.1, 0.15) is 0 Å². The molecular weight excluding hydrogens is 212 g/mol. The van der Waals surface area contributed by atoms with Crippen molar-refractivity contribution >= 4 is 5.96 Å². The summed E-state index contributed by atoms with van der Waals surface area (Å²) in [6.45, 7) is 8.05. The first kappa shape index (κ1) is 13.5. The van der Waals surface area contributed by atoms with E-state index in [1.54, 1.807) is 0 Å². The molecule has 0 fully saturated rings. The summed E-state index contributed by atoms with van der Waals surface area (Å²) in [4.78, 5) is 6.36. The molecule has 0 aliphatic heterocycles. The molecule has 1 rings (SSSR count). The minimum atomic E-state index is 0.136. The van der Waals surface area contributed by atoms with Crippen molar-refractivity contribution in [1.29, 1.82) is 0 Å². The van der Waals surface area contributed by atoms with E-state index < -0.39 is 0 Å². The predicted octanol–water partition coefficient (Wildman–Crippen LogP) is 1.30. The van der Waals surface area contributed by atoms with Crippen LogP contribution >= 0.6 is 0 Å². The summed E-state index contributed by atoms with van der Waals surface area (Å²) < 4.78 is 0. The van der Waals surface area contributed by atoms with Gasteiger partial charge in [-0.05, 0) is 24.2 Å². The normalized spacial score (nSPS) is 10.5. The zero-order valence-electron chi connectivity index (χ0n) is 10.7. The molecule has 4 N–H and O–H groups in total. The minimum Gasteiger partial charge on any atom is -0.370 e. The summed E-state index contributed by atoms with van der Waals surface area (Å²) in [5.41, 5.74) is 13.0. The van der Waals surface area contributed by atoms with E-state index in [0.717, 1.165) is 25.2 Å². The van der Waals surface area contributed by atoms with Crippen LogP contribution in [0.2, 0.25) is 0 Å². The summed E-state index contributed by atoms with van der Waals surface area (Å²) in [5, 5.41) is 0. The summed E-state index contributed by atoms with van der Waals surface area (Å²) in [6.07, 6.45) is 0. The molecule has 0 saturated carbocycles. The maximum Gasteiger partial charge on any atom is 0.186 e. The highest BCUT2D eigenvalue weighted by molar-refractivity contribution is 5.75. The summed E-state index contributed by atoms with van der Waals surface area (Å²) in [5.74, 6) is 0.136. The van der Waals surface area contributed by atoms with Crippen LogP contribution in [0.25, 0.3) is 0 Å². The highest BCUT2D eigenvalue weighted by Crippen LogP contribution is 2.08. The van der Waals surface area contributed by atoms with Crippen LogP contribution in [0.1, 0.15) is 25.0 Å². The van der Waals surface area contributed by atoms with Crippen LogP contribution in [-0.4, -0.2) is 23.9 Å². The Kier molecular flexibility index (Phi) is 5.49.